The maximum Gasteiger partial charge on any atom is 0.236 e. The zero-order valence-electron chi connectivity index (χ0n) is 19.7. The molecule has 0 bridgehead atoms. The molecular formula is C23H18ClFN8O2S3. The number of halogens is 2. The molecule has 10 nitrogen and oxygen atoms in total. The van der Waals surface area contributed by atoms with Crippen molar-refractivity contribution in [1.82, 2.24) is 20.4 Å². The average Bonchev–Trinajstić information content (AvgIpc) is 3.51. The van der Waals surface area contributed by atoms with Gasteiger partial charge in [0.2, 0.25) is 16.2 Å². The molecule has 15 heteroatoms. The summed E-state index contributed by atoms with van der Waals surface area (Å²) in [6.07, 6.45) is 1.29. The van der Waals surface area contributed by atoms with E-state index < -0.39 is 11.7 Å². The van der Waals surface area contributed by atoms with E-state index in [2.05, 4.69) is 31.8 Å². The Morgan fingerprint density at radius 2 is 2.13 bits per heavy atom. The largest absolute Gasteiger partial charge is 0.384 e. The predicted molar refractivity (Wildman–Crippen MR) is 143 cm³/mol. The van der Waals surface area contributed by atoms with E-state index in [4.69, 9.17) is 17.3 Å². The molecule has 2 aliphatic rings. The summed E-state index contributed by atoms with van der Waals surface area (Å²) in [6.45, 7) is 1.79. The third-order valence-electron chi connectivity index (χ3n) is 5.89. The molecule has 0 saturated carbocycles. The summed E-state index contributed by atoms with van der Waals surface area (Å²) >= 11 is 9.96. The third kappa shape index (κ3) is 4.90. The smallest absolute Gasteiger partial charge is 0.236 e. The number of carbonyl (C=O) groups is 2. The quantitative estimate of drug-likeness (QED) is 0.393. The van der Waals surface area contributed by atoms with E-state index in [-0.39, 0.29) is 51.4 Å². The fourth-order valence-corrected chi connectivity index (χ4v) is 6.92. The minimum absolute atomic E-state index is 0.00197. The molecule has 1 aliphatic heterocycles. The second kappa shape index (κ2) is 10.8. The van der Waals surface area contributed by atoms with Crippen LogP contribution >= 0.6 is 46.0 Å². The molecule has 1 unspecified atom stereocenters. The van der Waals surface area contributed by atoms with Crippen molar-refractivity contribution in [3.05, 3.63) is 62.3 Å². The number of hydrogen-bond acceptors (Lipinski definition) is 12. The number of nitrogens with two attached hydrogens (primary N) is 1. The van der Waals surface area contributed by atoms with Crippen LogP contribution in [-0.4, -0.2) is 37.8 Å². The summed E-state index contributed by atoms with van der Waals surface area (Å²) in [4.78, 5) is 27.0. The second-order valence-electron chi connectivity index (χ2n) is 8.27. The van der Waals surface area contributed by atoms with E-state index in [0.29, 0.717) is 33.1 Å². The van der Waals surface area contributed by atoms with Crippen molar-refractivity contribution in [2.45, 2.75) is 36.4 Å². The van der Waals surface area contributed by atoms with Gasteiger partial charge in [-0.1, -0.05) is 52.1 Å². The van der Waals surface area contributed by atoms with Gasteiger partial charge in [0.1, 0.15) is 16.6 Å². The number of nitriles is 1. The molecule has 0 spiro atoms. The molecule has 194 valence electrons. The first kappa shape index (κ1) is 26.2. The molecular weight excluding hydrogens is 571 g/mol. The van der Waals surface area contributed by atoms with Gasteiger partial charge in [-0.3, -0.25) is 19.8 Å². The average molecular weight is 589 g/mol. The lowest BCUT2D eigenvalue weighted by molar-refractivity contribution is -0.116. The Kier molecular flexibility index (Phi) is 7.44. The zero-order chi connectivity index (χ0) is 27.0. The lowest BCUT2D eigenvalue weighted by Crippen LogP contribution is -2.39. The molecule has 1 aromatic carbocycles. The summed E-state index contributed by atoms with van der Waals surface area (Å²) in [6, 6.07) is 6.29. The minimum atomic E-state index is -1.03. The molecule has 38 heavy (non-hydrogen) atoms. The van der Waals surface area contributed by atoms with Crippen molar-refractivity contribution in [3.8, 4) is 6.07 Å². The second-order valence-corrected chi connectivity index (χ2v) is 12.0. The first-order valence-corrected chi connectivity index (χ1v) is 14.2. The first-order valence-electron chi connectivity index (χ1n) is 11.2. The summed E-state index contributed by atoms with van der Waals surface area (Å²) in [7, 11) is 0. The molecule has 5 rings (SSSR count). The molecule has 0 saturated heterocycles. The van der Waals surface area contributed by atoms with E-state index in [1.807, 2.05) is 0 Å². The van der Waals surface area contributed by atoms with E-state index in [9.17, 15) is 14.9 Å². The van der Waals surface area contributed by atoms with Crippen molar-refractivity contribution >= 4 is 68.0 Å². The van der Waals surface area contributed by atoms with Gasteiger partial charge in [-0.25, -0.2) is 4.39 Å². The van der Waals surface area contributed by atoms with Crippen LogP contribution in [0.2, 0.25) is 5.02 Å². The van der Waals surface area contributed by atoms with Gasteiger partial charge in [0, 0.05) is 28.3 Å². The van der Waals surface area contributed by atoms with Crippen LogP contribution in [-0.2, 0) is 9.59 Å². The molecule has 2 aromatic heterocycles. The molecule has 3 N–H and O–H groups in total. The van der Waals surface area contributed by atoms with Crippen LogP contribution in [0.25, 0.3) is 0 Å². The molecule has 1 atom stereocenters. The molecule has 0 radical (unpaired) electrons. The number of ketones is 1. The van der Waals surface area contributed by atoms with Crippen molar-refractivity contribution in [3.63, 3.8) is 0 Å². The van der Waals surface area contributed by atoms with Gasteiger partial charge in [-0.05, 0) is 31.9 Å². The number of benzene rings is 1. The van der Waals surface area contributed by atoms with Crippen molar-refractivity contribution in [1.29, 1.82) is 5.26 Å². The van der Waals surface area contributed by atoms with Crippen LogP contribution < -0.4 is 16.0 Å². The summed E-state index contributed by atoms with van der Waals surface area (Å²) < 4.78 is 15.5. The van der Waals surface area contributed by atoms with E-state index in [1.165, 1.54) is 41.3 Å². The molecule has 3 heterocycles. The monoisotopic (exact) mass is 588 g/mol. The van der Waals surface area contributed by atoms with Gasteiger partial charge in [0.15, 0.2) is 10.1 Å². The van der Waals surface area contributed by atoms with E-state index in [1.54, 1.807) is 11.8 Å². The highest BCUT2D eigenvalue weighted by Crippen LogP contribution is 2.48. The number of Topliss-reactive ketones (excluding diaryl/α,β-unsaturated/α-hetero) is 1. The van der Waals surface area contributed by atoms with Crippen LogP contribution in [0.1, 0.15) is 35.8 Å². The Balaban J connectivity index is 1.47. The fraction of sp³-hybridized carbons (Fsp3) is 0.261. The minimum Gasteiger partial charge on any atom is -0.384 e. The summed E-state index contributed by atoms with van der Waals surface area (Å²) in [5.74, 6) is -2.05. The van der Waals surface area contributed by atoms with Crippen LogP contribution in [0, 0.1) is 24.1 Å². The number of nitrogens with one attached hydrogen (secondary N) is 1. The number of hydrogen-bond donors (Lipinski definition) is 2. The maximum absolute atomic E-state index is 15.0. The molecule has 3 aromatic rings. The van der Waals surface area contributed by atoms with Gasteiger partial charge >= 0.3 is 0 Å². The number of aromatic nitrogens is 4. The van der Waals surface area contributed by atoms with Crippen LogP contribution in [0.4, 0.5) is 14.7 Å². The standard InChI is InChI=1S/C23H18ClFN8O2S3/c1-10-29-30-21(37-10)28-16(35)9-36-23-32-31-22(38-23)33-14-6-3-7-15(34)19(14)17(11(8-26)20(33)27)18-12(24)4-2-5-13(18)25/h2,4-5,17H,3,6-7,9,27H2,1H3,(H,28,30,35). The van der Waals surface area contributed by atoms with Crippen LogP contribution in [0.3, 0.4) is 0 Å². The van der Waals surface area contributed by atoms with Gasteiger partial charge in [-0.2, -0.15) is 5.26 Å². The summed E-state index contributed by atoms with van der Waals surface area (Å²) in [5.41, 5.74) is 7.36. The topological polar surface area (TPSA) is 151 Å². The maximum atomic E-state index is 15.0. The Morgan fingerprint density at radius 1 is 1.32 bits per heavy atom. The van der Waals surface area contributed by atoms with Gasteiger partial charge in [-0.15, -0.1) is 20.4 Å². The van der Waals surface area contributed by atoms with Gasteiger partial charge < -0.3 is 5.73 Å². The Labute approximate surface area is 233 Å². The Hall–Kier alpha value is -3.38. The Bertz CT molecular complexity index is 1540. The fourth-order valence-electron chi connectivity index (χ4n) is 4.36. The first-order chi connectivity index (χ1) is 18.3. The van der Waals surface area contributed by atoms with Gasteiger partial charge in [0.25, 0.3) is 0 Å². The molecule has 0 fully saturated rings. The number of rotatable bonds is 6. The van der Waals surface area contributed by atoms with Crippen molar-refractivity contribution in [2.75, 3.05) is 16.0 Å². The van der Waals surface area contributed by atoms with Gasteiger partial charge in [0.05, 0.1) is 23.3 Å². The van der Waals surface area contributed by atoms with Crippen LogP contribution in [0.5, 0.6) is 0 Å². The lowest BCUT2D eigenvalue weighted by atomic mass is 9.75. The third-order valence-corrected chi connectivity index (χ3v) is 9.01. The number of allylic oxidation sites excluding steroid dienone is 3. The normalized spacial score (nSPS) is 17.5. The van der Waals surface area contributed by atoms with Crippen LogP contribution in [0.15, 0.2) is 45.2 Å². The number of amides is 1. The lowest BCUT2D eigenvalue weighted by Gasteiger charge is -2.38. The number of carbonyl (C=O) groups excluding carboxylic acids is 2. The number of thioether (sulfide) groups is 1. The predicted octanol–water partition coefficient (Wildman–Crippen LogP) is 4.53. The number of nitrogens with zero attached hydrogens (tertiary/aromatic N) is 6. The highest BCUT2D eigenvalue weighted by Gasteiger charge is 2.42. The number of anilines is 2. The number of aryl methyl sites for hydroxylation is 1. The van der Waals surface area contributed by atoms with E-state index in [0.717, 1.165) is 16.3 Å². The highest BCUT2D eigenvalue weighted by atomic mass is 35.5. The Morgan fingerprint density at radius 3 is 2.84 bits per heavy atom. The van der Waals surface area contributed by atoms with Crippen molar-refractivity contribution < 1.29 is 14.0 Å². The SMILES string of the molecule is Cc1nnc(NC(=O)CSc2nnc(N3C(N)=C(C#N)C(c4c(F)cccc4Cl)C4=C3CCCC4=O)s2)s1. The van der Waals surface area contributed by atoms with E-state index >= 15 is 4.39 Å². The molecule has 1 aliphatic carbocycles. The van der Waals surface area contributed by atoms with Crippen molar-refractivity contribution in [2.24, 2.45) is 5.73 Å². The zero-order valence-corrected chi connectivity index (χ0v) is 22.9. The highest BCUT2D eigenvalue weighted by molar-refractivity contribution is 8.01. The summed E-state index contributed by atoms with van der Waals surface area (Å²) in [5, 5.41) is 30.5. The molecule has 1 amide bonds.